The molecule has 1 atom stereocenters. The van der Waals surface area contributed by atoms with Gasteiger partial charge in [0, 0.05) is 43.5 Å². The molecule has 0 spiro atoms. The van der Waals surface area contributed by atoms with Gasteiger partial charge < -0.3 is 19.9 Å². The number of amides is 2. The van der Waals surface area contributed by atoms with Crippen molar-refractivity contribution in [1.82, 2.24) is 10.2 Å². The monoisotopic (exact) mass is 409 g/mol. The van der Waals surface area contributed by atoms with Crippen LogP contribution in [0.15, 0.2) is 48.5 Å². The number of ether oxygens (including phenoxy) is 1. The first-order valence-electron chi connectivity index (χ1n) is 10.5. The molecule has 6 nitrogen and oxygen atoms in total. The maximum absolute atomic E-state index is 13.0. The average molecular weight is 410 g/mol. The zero-order valence-corrected chi connectivity index (χ0v) is 18.2. The van der Waals surface area contributed by atoms with Crippen molar-refractivity contribution in [3.63, 3.8) is 0 Å². The second-order valence-electron chi connectivity index (χ2n) is 8.20. The van der Waals surface area contributed by atoms with Crippen molar-refractivity contribution < 1.29 is 14.3 Å². The lowest BCUT2D eigenvalue weighted by molar-refractivity contribution is 0.0691. The van der Waals surface area contributed by atoms with Crippen LogP contribution in [0.3, 0.4) is 0 Å². The van der Waals surface area contributed by atoms with Crippen LogP contribution in [-0.4, -0.2) is 56.0 Å². The highest BCUT2D eigenvalue weighted by molar-refractivity contribution is 5.95. The van der Waals surface area contributed by atoms with Gasteiger partial charge in [0.05, 0.1) is 6.04 Å². The summed E-state index contributed by atoms with van der Waals surface area (Å²) in [5.41, 5.74) is 2.38. The van der Waals surface area contributed by atoms with Crippen molar-refractivity contribution in [2.45, 2.75) is 38.8 Å². The normalized spacial score (nSPS) is 15.9. The fourth-order valence-electron chi connectivity index (χ4n) is 3.58. The highest BCUT2D eigenvalue weighted by Crippen LogP contribution is 2.23. The Labute approximate surface area is 178 Å². The molecule has 1 aliphatic rings. The number of nitrogens with one attached hydrogen (secondary N) is 1. The zero-order chi connectivity index (χ0) is 21.7. The van der Waals surface area contributed by atoms with Gasteiger partial charge in [-0.05, 0) is 75.2 Å². The molecule has 0 aromatic heterocycles. The maximum Gasteiger partial charge on any atom is 0.254 e. The second kappa shape index (κ2) is 9.65. The van der Waals surface area contributed by atoms with Crippen molar-refractivity contribution in [1.29, 1.82) is 0 Å². The summed E-state index contributed by atoms with van der Waals surface area (Å²) >= 11 is 0. The Balaban J connectivity index is 1.58. The van der Waals surface area contributed by atoms with E-state index in [0.717, 1.165) is 25.1 Å². The number of likely N-dealkylation sites (tertiary alicyclic amines) is 1. The minimum absolute atomic E-state index is 0.0483. The van der Waals surface area contributed by atoms with Crippen LogP contribution in [0.25, 0.3) is 0 Å². The first-order chi connectivity index (χ1) is 14.3. The quantitative estimate of drug-likeness (QED) is 0.759. The van der Waals surface area contributed by atoms with Crippen molar-refractivity contribution in [3.8, 4) is 5.75 Å². The molecule has 1 saturated heterocycles. The predicted molar refractivity (Wildman–Crippen MR) is 119 cm³/mol. The molecule has 2 aromatic rings. The lowest BCUT2D eigenvalue weighted by Crippen LogP contribution is -2.39. The summed E-state index contributed by atoms with van der Waals surface area (Å²) in [4.78, 5) is 28.9. The van der Waals surface area contributed by atoms with Gasteiger partial charge >= 0.3 is 0 Å². The van der Waals surface area contributed by atoms with E-state index in [2.05, 4.69) is 5.32 Å². The number of carbonyl (C=O) groups excluding carboxylic acids is 2. The Morgan fingerprint density at radius 3 is 2.30 bits per heavy atom. The molecule has 0 unspecified atom stereocenters. The number of hydrogen-bond acceptors (Lipinski definition) is 4. The highest BCUT2D eigenvalue weighted by Gasteiger charge is 2.30. The van der Waals surface area contributed by atoms with Crippen LogP contribution in [0.4, 0.5) is 5.69 Å². The molecule has 6 heteroatoms. The highest BCUT2D eigenvalue weighted by atomic mass is 16.5. The average Bonchev–Trinajstić information content (AvgIpc) is 3.20. The van der Waals surface area contributed by atoms with Crippen molar-refractivity contribution in [3.05, 3.63) is 59.7 Å². The van der Waals surface area contributed by atoms with Crippen LogP contribution in [0.2, 0.25) is 0 Å². The Hall–Kier alpha value is -3.02. The summed E-state index contributed by atoms with van der Waals surface area (Å²) in [6.07, 6.45) is 1.90. The van der Waals surface area contributed by atoms with Crippen LogP contribution in [0.5, 0.6) is 5.75 Å². The van der Waals surface area contributed by atoms with E-state index in [4.69, 9.17) is 4.74 Å². The maximum atomic E-state index is 13.0. The van der Waals surface area contributed by atoms with Gasteiger partial charge in [-0.2, -0.15) is 0 Å². The Bertz CT molecular complexity index is 860. The number of carbonyl (C=O) groups is 2. The number of rotatable bonds is 7. The van der Waals surface area contributed by atoms with Gasteiger partial charge in [0.2, 0.25) is 0 Å². The first-order valence-corrected chi connectivity index (χ1v) is 10.5. The predicted octanol–water partition coefficient (Wildman–Crippen LogP) is 3.57. The van der Waals surface area contributed by atoms with Gasteiger partial charge in [-0.3, -0.25) is 9.59 Å². The third-order valence-corrected chi connectivity index (χ3v) is 5.25. The van der Waals surface area contributed by atoms with Crippen LogP contribution >= 0.6 is 0 Å². The van der Waals surface area contributed by atoms with Crippen molar-refractivity contribution >= 4 is 17.5 Å². The molecule has 2 aromatic carbocycles. The van der Waals surface area contributed by atoms with Gasteiger partial charge in [-0.25, -0.2) is 0 Å². The summed E-state index contributed by atoms with van der Waals surface area (Å²) in [6.45, 7) is 5.05. The summed E-state index contributed by atoms with van der Waals surface area (Å²) in [6, 6.07) is 15.0. The molecular formula is C24H31N3O3. The fraction of sp³-hybridized carbons (Fsp3) is 0.417. The molecule has 0 aliphatic carbocycles. The lowest BCUT2D eigenvalue weighted by Gasteiger charge is -2.25. The van der Waals surface area contributed by atoms with E-state index in [0.29, 0.717) is 23.5 Å². The number of anilines is 1. The molecule has 1 fully saturated rings. The molecular weight excluding hydrogens is 378 g/mol. The van der Waals surface area contributed by atoms with Gasteiger partial charge in [0.25, 0.3) is 11.8 Å². The van der Waals surface area contributed by atoms with E-state index < -0.39 is 0 Å². The van der Waals surface area contributed by atoms with Crippen LogP contribution in [-0.2, 0) is 0 Å². The molecule has 3 rings (SSSR count). The lowest BCUT2D eigenvalue weighted by atomic mass is 10.1. The second-order valence-corrected chi connectivity index (χ2v) is 8.20. The molecule has 0 saturated carbocycles. The van der Waals surface area contributed by atoms with E-state index in [1.165, 1.54) is 0 Å². The van der Waals surface area contributed by atoms with E-state index in [1.807, 2.05) is 62.0 Å². The Kier molecular flexibility index (Phi) is 6.98. The summed E-state index contributed by atoms with van der Waals surface area (Å²) < 4.78 is 5.94. The summed E-state index contributed by atoms with van der Waals surface area (Å²) in [5.74, 6) is 0.655. The fourth-order valence-corrected chi connectivity index (χ4v) is 3.58. The summed E-state index contributed by atoms with van der Waals surface area (Å²) in [5, 5.41) is 2.87. The zero-order valence-electron chi connectivity index (χ0n) is 18.2. The molecule has 30 heavy (non-hydrogen) atoms. The van der Waals surface area contributed by atoms with Gasteiger partial charge in [0.15, 0.2) is 0 Å². The minimum Gasteiger partial charge on any atom is -0.491 e. The number of nitrogens with zero attached hydrogens (tertiary/aromatic N) is 2. The Morgan fingerprint density at radius 1 is 1.07 bits per heavy atom. The minimum atomic E-state index is -0.0931. The first kappa shape index (κ1) is 21.7. The van der Waals surface area contributed by atoms with Crippen LogP contribution in [0, 0.1) is 0 Å². The third kappa shape index (κ3) is 5.32. The van der Waals surface area contributed by atoms with Crippen LogP contribution < -0.4 is 15.0 Å². The van der Waals surface area contributed by atoms with E-state index in [1.54, 1.807) is 24.3 Å². The largest absolute Gasteiger partial charge is 0.491 e. The van der Waals surface area contributed by atoms with Gasteiger partial charge in [-0.1, -0.05) is 0 Å². The molecule has 1 N–H and O–H groups in total. The number of hydrogen-bond donors (Lipinski definition) is 1. The van der Waals surface area contributed by atoms with E-state index in [-0.39, 0.29) is 23.9 Å². The number of benzene rings is 2. The topological polar surface area (TPSA) is 61.9 Å². The molecule has 0 bridgehead atoms. The van der Waals surface area contributed by atoms with Gasteiger partial charge in [-0.15, -0.1) is 0 Å². The summed E-state index contributed by atoms with van der Waals surface area (Å²) in [7, 11) is 3.96. The van der Waals surface area contributed by atoms with Crippen molar-refractivity contribution in [2.24, 2.45) is 0 Å². The molecule has 1 heterocycles. The van der Waals surface area contributed by atoms with Crippen LogP contribution in [0.1, 0.15) is 47.4 Å². The Morgan fingerprint density at radius 2 is 1.70 bits per heavy atom. The molecule has 2 amide bonds. The molecule has 1 aliphatic heterocycles. The molecule has 0 radical (unpaired) electrons. The third-order valence-electron chi connectivity index (χ3n) is 5.25. The standard InChI is InChI=1S/C24H31N3O3/c1-17(2)25-23(28)18-9-13-22(14-10-18)30-16-21-6-5-15-27(21)24(29)19-7-11-20(12-8-19)26(3)4/h7-14,17,21H,5-6,15-16H2,1-4H3,(H,25,28)/t21-/m0/s1. The smallest absolute Gasteiger partial charge is 0.254 e. The van der Waals surface area contributed by atoms with Gasteiger partial charge in [0.1, 0.15) is 12.4 Å². The van der Waals surface area contributed by atoms with Crippen molar-refractivity contribution in [2.75, 3.05) is 32.1 Å². The SMILES string of the molecule is CC(C)NC(=O)c1ccc(OC[C@@H]2CCCN2C(=O)c2ccc(N(C)C)cc2)cc1. The molecule has 160 valence electrons. The van der Waals surface area contributed by atoms with E-state index >= 15 is 0 Å². The van der Waals surface area contributed by atoms with E-state index in [9.17, 15) is 9.59 Å².